The summed E-state index contributed by atoms with van der Waals surface area (Å²) in [5, 5.41) is 3.02. The molecule has 0 aliphatic heterocycles. The monoisotopic (exact) mass is 248 g/mol. The van der Waals surface area contributed by atoms with Gasteiger partial charge in [-0.05, 0) is 18.4 Å². The first-order valence-corrected chi connectivity index (χ1v) is 6.71. The first-order chi connectivity index (χ1) is 8.60. The molecule has 0 saturated carbocycles. The van der Waals surface area contributed by atoms with E-state index in [1.54, 1.807) is 0 Å². The van der Waals surface area contributed by atoms with Gasteiger partial charge in [0.2, 0.25) is 5.91 Å². The summed E-state index contributed by atoms with van der Waals surface area (Å²) in [6.07, 6.45) is 2.14. The van der Waals surface area contributed by atoms with Gasteiger partial charge in [0, 0.05) is 6.04 Å². The van der Waals surface area contributed by atoms with Gasteiger partial charge in [-0.1, -0.05) is 57.0 Å². The molecule has 18 heavy (non-hydrogen) atoms. The van der Waals surface area contributed by atoms with Gasteiger partial charge in [-0.15, -0.1) is 0 Å². The van der Waals surface area contributed by atoms with Crippen molar-refractivity contribution in [3.05, 3.63) is 35.9 Å². The lowest BCUT2D eigenvalue weighted by Crippen LogP contribution is -2.42. The third-order valence-corrected chi connectivity index (χ3v) is 3.57. The van der Waals surface area contributed by atoms with E-state index in [4.69, 9.17) is 5.73 Å². The zero-order chi connectivity index (χ0) is 13.5. The van der Waals surface area contributed by atoms with Gasteiger partial charge in [0.1, 0.15) is 6.04 Å². The molecule has 1 rings (SSSR count). The Kier molecular flexibility index (Phi) is 5.86. The fourth-order valence-electron chi connectivity index (χ4n) is 2.24. The van der Waals surface area contributed by atoms with E-state index in [1.807, 2.05) is 37.3 Å². The summed E-state index contributed by atoms with van der Waals surface area (Å²) >= 11 is 0. The summed E-state index contributed by atoms with van der Waals surface area (Å²) in [7, 11) is 0. The third kappa shape index (κ3) is 3.84. The fraction of sp³-hybridized carbons (Fsp3) is 0.533. The largest absolute Gasteiger partial charge is 0.352 e. The molecule has 1 aromatic carbocycles. The van der Waals surface area contributed by atoms with Crippen molar-refractivity contribution in [2.24, 2.45) is 11.7 Å². The van der Waals surface area contributed by atoms with Crippen molar-refractivity contribution in [1.29, 1.82) is 0 Å². The maximum atomic E-state index is 12.1. The van der Waals surface area contributed by atoms with E-state index in [1.165, 1.54) is 0 Å². The summed E-state index contributed by atoms with van der Waals surface area (Å²) in [4.78, 5) is 12.1. The molecule has 1 aromatic rings. The van der Waals surface area contributed by atoms with Crippen molar-refractivity contribution in [2.75, 3.05) is 0 Å². The number of carbonyl (C=O) groups excluding carboxylic acids is 1. The number of amides is 1. The quantitative estimate of drug-likeness (QED) is 0.813. The average Bonchev–Trinajstić information content (AvgIpc) is 2.40. The van der Waals surface area contributed by atoms with Crippen molar-refractivity contribution in [1.82, 2.24) is 5.32 Å². The normalized spacial score (nSPS) is 14.3. The van der Waals surface area contributed by atoms with Crippen LogP contribution in [-0.4, -0.2) is 11.9 Å². The molecule has 3 N–H and O–H groups in total. The minimum atomic E-state index is -0.581. The van der Waals surface area contributed by atoms with Crippen molar-refractivity contribution in [3.8, 4) is 0 Å². The van der Waals surface area contributed by atoms with Gasteiger partial charge in [-0.2, -0.15) is 0 Å². The predicted octanol–water partition coefficient (Wildman–Crippen LogP) is 2.63. The van der Waals surface area contributed by atoms with E-state index < -0.39 is 6.04 Å². The van der Waals surface area contributed by atoms with Crippen LogP contribution in [-0.2, 0) is 4.79 Å². The Hall–Kier alpha value is -1.35. The second-order valence-corrected chi connectivity index (χ2v) is 4.76. The molecule has 3 heteroatoms. The molecule has 100 valence electrons. The lowest BCUT2D eigenvalue weighted by atomic mass is 9.95. The Morgan fingerprint density at radius 2 is 1.78 bits per heavy atom. The highest BCUT2D eigenvalue weighted by Gasteiger charge is 2.20. The number of rotatable bonds is 6. The van der Waals surface area contributed by atoms with Gasteiger partial charge < -0.3 is 11.1 Å². The van der Waals surface area contributed by atoms with E-state index in [2.05, 4.69) is 19.2 Å². The standard InChI is InChI=1S/C15H24N2O/c1-4-12(5-2)11(3)17-15(18)14(16)13-9-7-6-8-10-13/h6-12,14H,4-5,16H2,1-3H3,(H,17,18)/t11?,14-/m1/s1. The third-order valence-electron chi connectivity index (χ3n) is 3.57. The predicted molar refractivity (Wildman–Crippen MR) is 75.0 cm³/mol. The number of nitrogens with one attached hydrogen (secondary N) is 1. The Balaban J connectivity index is 2.60. The number of carbonyl (C=O) groups is 1. The number of nitrogens with two attached hydrogens (primary N) is 1. The lowest BCUT2D eigenvalue weighted by Gasteiger charge is -2.24. The summed E-state index contributed by atoms with van der Waals surface area (Å²) < 4.78 is 0. The SMILES string of the molecule is CCC(CC)C(C)NC(=O)[C@H](N)c1ccccc1. The molecule has 0 aliphatic rings. The summed E-state index contributed by atoms with van der Waals surface area (Å²) in [5.74, 6) is 0.414. The van der Waals surface area contributed by atoms with Crippen molar-refractivity contribution in [2.45, 2.75) is 45.7 Å². The number of hydrogen-bond donors (Lipinski definition) is 2. The van der Waals surface area contributed by atoms with Gasteiger partial charge in [0.25, 0.3) is 0 Å². The van der Waals surface area contributed by atoms with E-state index in [0.29, 0.717) is 5.92 Å². The van der Waals surface area contributed by atoms with Gasteiger partial charge in [-0.3, -0.25) is 4.79 Å². The highest BCUT2D eigenvalue weighted by Crippen LogP contribution is 2.15. The van der Waals surface area contributed by atoms with Gasteiger partial charge in [-0.25, -0.2) is 0 Å². The van der Waals surface area contributed by atoms with Crippen LogP contribution >= 0.6 is 0 Å². The number of hydrogen-bond acceptors (Lipinski definition) is 2. The minimum Gasteiger partial charge on any atom is -0.352 e. The molecule has 0 aliphatic carbocycles. The van der Waals surface area contributed by atoms with Crippen LogP contribution in [0.2, 0.25) is 0 Å². The molecule has 0 radical (unpaired) electrons. The molecule has 1 unspecified atom stereocenters. The molecule has 0 fully saturated rings. The van der Waals surface area contributed by atoms with Crippen LogP contribution in [0.25, 0.3) is 0 Å². The van der Waals surface area contributed by atoms with Crippen LogP contribution in [0.1, 0.15) is 45.2 Å². The zero-order valence-electron chi connectivity index (χ0n) is 11.5. The first-order valence-electron chi connectivity index (χ1n) is 6.71. The average molecular weight is 248 g/mol. The Bertz CT molecular complexity index is 360. The topological polar surface area (TPSA) is 55.1 Å². The maximum absolute atomic E-state index is 12.1. The molecule has 0 bridgehead atoms. The Labute approximate surface area is 110 Å². The Morgan fingerprint density at radius 1 is 1.22 bits per heavy atom. The van der Waals surface area contributed by atoms with Crippen LogP contribution in [0, 0.1) is 5.92 Å². The van der Waals surface area contributed by atoms with Crippen LogP contribution in [0.3, 0.4) is 0 Å². The maximum Gasteiger partial charge on any atom is 0.241 e. The highest BCUT2D eigenvalue weighted by molar-refractivity contribution is 5.83. The molecular formula is C15H24N2O. The van der Waals surface area contributed by atoms with Gasteiger partial charge in [0.05, 0.1) is 0 Å². The molecule has 0 saturated heterocycles. The van der Waals surface area contributed by atoms with Gasteiger partial charge in [0.15, 0.2) is 0 Å². The minimum absolute atomic E-state index is 0.0967. The van der Waals surface area contributed by atoms with Crippen molar-refractivity contribution in [3.63, 3.8) is 0 Å². The van der Waals surface area contributed by atoms with E-state index >= 15 is 0 Å². The smallest absolute Gasteiger partial charge is 0.241 e. The molecule has 2 atom stereocenters. The fourth-order valence-corrected chi connectivity index (χ4v) is 2.24. The zero-order valence-corrected chi connectivity index (χ0v) is 11.5. The van der Waals surface area contributed by atoms with Crippen LogP contribution in [0.15, 0.2) is 30.3 Å². The van der Waals surface area contributed by atoms with Gasteiger partial charge >= 0.3 is 0 Å². The molecule has 3 nitrogen and oxygen atoms in total. The van der Waals surface area contributed by atoms with Crippen LogP contribution in [0.4, 0.5) is 0 Å². The van der Waals surface area contributed by atoms with Crippen molar-refractivity contribution >= 4 is 5.91 Å². The lowest BCUT2D eigenvalue weighted by molar-refractivity contribution is -0.123. The molecule has 0 heterocycles. The first kappa shape index (κ1) is 14.7. The Morgan fingerprint density at radius 3 is 2.28 bits per heavy atom. The summed E-state index contributed by atoms with van der Waals surface area (Å²) in [6.45, 7) is 6.34. The van der Waals surface area contributed by atoms with E-state index in [-0.39, 0.29) is 11.9 Å². The molecule has 0 aromatic heterocycles. The molecule has 0 spiro atoms. The number of benzene rings is 1. The van der Waals surface area contributed by atoms with E-state index in [0.717, 1.165) is 18.4 Å². The van der Waals surface area contributed by atoms with Crippen molar-refractivity contribution < 1.29 is 4.79 Å². The molecule has 1 amide bonds. The second-order valence-electron chi connectivity index (χ2n) is 4.76. The second kappa shape index (κ2) is 7.17. The van der Waals surface area contributed by atoms with E-state index in [9.17, 15) is 4.79 Å². The van der Waals surface area contributed by atoms with Crippen LogP contribution < -0.4 is 11.1 Å². The summed E-state index contributed by atoms with van der Waals surface area (Å²) in [6, 6.07) is 9.06. The molecular weight excluding hydrogens is 224 g/mol. The summed E-state index contributed by atoms with van der Waals surface area (Å²) in [5.41, 5.74) is 6.81. The highest BCUT2D eigenvalue weighted by atomic mass is 16.2. The van der Waals surface area contributed by atoms with Crippen LogP contribution in [0.5, 0.6) is 0 Å².